The second kappa shape index (κ2) is 4.85. The summed E-state index contributed by atoms with van der Waals surface area (Å²) in [6.07, 6.45) is 10.5. The lowest BCUT2D eigenvalue weighted by atomic mass is 9.94. The van der Waals surface area contributed by atoms with Crippen molar-refractivity contribution in [2.45, 2.75) is 26.8 Å². The third-order valence-electron chi connectivity index (χ3n) is 2.56. The maximum absolute atomic E-state index is 3.90. The number of hydrogen-bond donors (Lipinski definition) is 1. The molecular formula is C13H19N. The van der Waals surface area contributed by atoms with Gasteiger partial charge in [-0.15, -0.1) is 6.58 Å². The fourth-order valence-corrected chi connectivity index (χ4v) is 1.93. The molecule has 1 aliphatic rings. The molecule has 0 saturated carbocycles. The van der Waals surface area contributed by atoms with Crippen LogP contribution in [0.25, 0.3) is 0 Å². The lowest BCUT2D eigenvalue weighted by Crippen LogP contribution is -2.24. The second-order valence-corrected chi connectivity index (χ2v) is 3.54. The van der Waals surface area contributed by atoms with Crippen molar-refractivity contribution in [2.75, 3.05) is 0 Å². The van der Waals surface area contributed by atoms with Gasteiger partial charge < -0.3 is 5.32 Å². The quantitative estimate of drug-likeness (QED) is 0.672. The fourth-order valence-electron chi connectivity index (χ4n) is 1.93. The summed E-state index contributed by atoms with van der Waals surface area (Å²) in [5.41, 5.74) is 2.61. The highest BCUT2D eigenvalue weighted by atomic mass is 15.0. The van der Waals surface area contributed by atoms with E-state index < -0.39 is 0 Å². The predicted octanol–water partition coefficient (Wildman–Crippen LogP) is 3.19. The highest BCUT2D eigenvalue weighted by Gasteiger charge is 2.26. The average molecular weight is 189 g/mol. The molecule has 0 aliphatic carbocycles. The van der Waals surface area contributed by atoms with E-state index in [1.165, 1.54) is 11.3 Å². The Balaban J connectivity index is 2.93. The molecule has 1 rings (SSSR count). The van der Waals surface area contributed by atoms with Crippen molar-refractivity contribution in [3.63, 3.8) is 0 Å². The van der Waals surface area contributed by atoms with Crippen LogP contribution in [0.4, 0.5) is 0 Å². The molecule has 0 bridgehead atoms. The lowest BCUT2D eigenvalue weighted by Gasteiger charge is -2.14. The molecule has 0 aromatic heterocycles. The van der Waals surface area contributed by atoms with Gasteiger partial charge in [0.05, 0.1) is 6.04 Å². The van der Waals surface area contributed by atoms with Gasteiger partial charge in [-0.05, 0) is 26.3 Å². The summed E-state index contributed by atoms with van der Waals surface area (Å²) < 4.78 is 0. The Kier molecular flexibility index (Phi) is 3.75. The van der Waals surface area contributed by atoms with Gasteiger partial charge in [0.2, 0.25) is 0 Å². The third-order valence-corrected chi connectivity index (χ3v) is 2.56. The van der Waals surface area contributed by atoms with Crippen molar-refractivity contribution in [1.29, 1.82) is 0 Å². The summed E-state index contributed by atoms with van der Waals surface area (Å²) in [5, 5.41) is 3.46. The molecule has 1 nitrogen and oxygen atoms in total. The SMILES string of the molecule is C=CC1C(/C=C\C)=C(C)N[C@H]1/C=C\C. The van der Waals surface area contributed by atoms with E-state index in [4.69, 9.17) is 0 Å². The van der Waals surface area contributed by atoms with Crippen LogP contribution in [0, 0.1) is 5.92 Å². The normalized spacial score (nSPS) is 27.6. The van der Waals surface area contributed by atoms with Gasteiger partial charge >= 0.3 is 0 Å². The molecule has 76 valence electrons. The van der Waals surface area contributed by atoms with Crippen molar-refractivity contribution in [3.05, 3.63) is 48.2 Å². The standard InChI is InChI=1S/C13H19N/c1-5-8-12-10(4)14-13(9-6-2)11(12)7-3/h5-9,11,13-14H,3H2,1-2,4H3/b8-5-,9-6-/t11?,13-/m0/s1. The highest BCUT2D eigenvalue weighted by Crippen LogP contribution is 2.28. The molecular weight excluding hydrogens is 170 g/mol. The van der Waals surface area contributed by atoms with E-state index in [0.29, 0.717) is 12.0 Å². The van der Waals surface area contributed by atoms with Gasteiger partial charge in [-0.1, -0.05) is 30.4 Å². The summed E-state index contributed by atoms with van der Waals surface area (Å²) in [4.78, 5) is 0. The Bertz CT molecular complexity index is 294. The molecule has 0 radical (unpaired) electrons. The maximum atomic E-state index is 3.90. The minimum Gasteiger partial charge on any atom is -0.381 e. The second-order valence-electron chi connectivity index (χ2n) is 3.54. The zero-order valence-corrected chi connectivity index (χ0v) is 9.25. The zero-order chi connectivity index (χ0) is 10.6. The number of rotatable bonds is 3. The number of allylic oxidation sites excluding steroid dienone is 4. The summed E-state index contributed by atoms with van der Waals surface area (Å²) in [5.74, 6) is 0.405. The Morgan fingerprint density at radius 1 is 1.29 bits per heavy atom. The van der Waals surface area contributed by atoms with Gasteiger partial charge in [0.15, 0.2) is 0 Å². The first-order valence-electron chi connectivity index (χ1n) is 5.10. The molecule has 1 heteroatoms. The van der Waals surface area contributed by atoms with Gasteiger partial charge in [0.25, 0.3) is 0 Å². The van der Waals surface area contributed by atoms with Crippen LogP contribution in [0.1, 0.15) is 20.8 Å². The summed E-state index contributed by atoms with van der Waals surface area (Å²) in [6.45, 7) is 10.1. The van der Waals surface area contributed by atoms with E-state index in [0.717, 1.165) is 0 Å². The molecule has 0 fully saturated rings. The van der Waals surface area contributed by atoms with E-state index in [-0.39, 0.29) is 0 Å². The minimum absolute atomic E-state index is 0.378. The van der Waals surface area contributed by atoms with E-state index in [1.54, 1.807) is 0 Å². The van der Waals surface area contributed by atoms with Crippen molar-refractivity contribution >= 4 is 0 Å². The zero-order valence-electron chi connectivity index (χ0n) is 9.25. The Labute approximate surface area is 86.9 Å². The van der Waals surface area contributed by atoms with Crippen LogP contribution < -0.4 is 5.32 Å². The van der Waals surface area contributed by atoms with Gasteiger partial charge in [0.1, 0.15) is 0 Å². The average Bonchev–Trinajstić information content (AvgIpc) is 2.44. The summed E-state index contributed by atoms with van der Waals surface area (Å²) >= 11 is 0. The molecule has 0 spiro atoms. The first kappa shape index (κ1) is 10.8. The predicted molar refractivity (Wildman–Crippen MR) is 62.9 cm³/mol. The van der Waals surface area contributed by atoms with Crippen LogP contribution >= 0.6 is 0 Å². The Hall–Kier alpha value is -1.24. The number of hydrogen-bond acceptors (Lipinski definition) is 1. The van der Waals surface area contributed by atoms with Gasteiger partial charge in [-0.2, -0.15) is 0 Å². The summed E-state index contributed by atoms with van der Waals surface area (Å²) in [7, 11) is 0. The first-order valence-corrected chi connectivity index (χ1v) is 5.10. The van der Waals surface area contributed by atoms with Crippen molar-refractivity contribution in [3.8, 4) is 0 Å². The minimum atomic E-state index is 0.378. The first-order chi connectivity index (χ1) is 6.74. The largest absolute Gasteiger partial charge is 0.381 e. The molecule has 1 heterocycles. The van der Waals surface area contributed by atoms with Crippen molar-refractivity contribution in [2.24, 2.45) is 5.92 Å². The molecule has 1 unspecified atom stereocenters. The van der Waals surface area contributed by atoms with Crippen LogP contribution in [0.3, 0.4) is 0 Å². The van der Waals surface area contributed by atoms with Crippen LogP contribution in [0.15, 0.2) is 48.2 Å². The fraction of sp³-hybridized carbons (Fsp3) is 0.385. The molecule has 1 aliphatic heterocycles. The maximum Gasteiger partial charge on any atom is 0.0545 e. The van der Waals surface area contributed by atoms with Crippen molar-refractivity contribution in [1.82, 2.24) is 5.32 Å². The lowest BCUT2D eigenvalue weighted by molar-refractivity contribution is 0.636. The molecule has 0 aromatic carbocycles. The van der Waals surface area contributed by atoms with E-state index >= 15 is 0 Å². The molecule has 14 heavy (non-hydrogen) atoms. The van der Waals surface area contributed by atoms with Gasteiger partial charge in [-0.25, -0.2) is 0 Å². The van der Waals surface area contributed by atoms with Crippen LogP contribution in [-0.2, 0) is 0 Å². The van der Waals surface area contributed by atoms with Crippen LogP contribution in [-0.4, -0.2) is 6.04 Å². The third kappa shape index (κ3) is 1.98. The Morgan fingerprint density at radius 3 is 2.50 bits per heavy atom. The Morgan fingerprint density at radius 2 is 2.00 bits per heavy atom. The number of nitrogens with one attached hydrogen (secondary N) is 1. The van der Waals surface area contributed by atoms with E-state index in [1.807, 2.05) is 19.9 Å². The monoisotopic (exact) mass is 189 g/mol. The van der Waals surface area contributed by atoms with Gasteiger partial charge in [-0.3, -0.25) is 0 Å². The smallest absolute Gasteiger partial charge is 0.0545 e. The van der Waals surface area contributed by atoms with Crippen LogP contribution in [0.2, 0.25) is 0 Å². The molecule has 2 atom stereocenters. The molecule has 0 saturated heterocycles. The molecule has 0 aromatic rings. The van der Waals surface area contributed by atoms with Crippen LogP contribution in [0.5, 0.6) is 0 Å². The van der Waals surface area contributed by atoms with E-state index in [9.17, 15) is 0 Å². The highest BCUT2D eigenvalue weighted by molar-refractivity contribution is 5.37. The topological polar surface area (TPSA) is 12.0 Å². The molecule has 0 amide bonds. The van der Waals surface area contributed by atoms with Gasteiger partial charge in [0, 0.05) is 11.6 Å². The summed E-state index contributed by atoms with van der Waals surface area (Å²) in [6, 6.07) is 0.378. The van der Waals surface area contributed by atoms with Crippen molar-refractivity contribution < 1.29 is 0 Å². The molecule has 1 N–H and O–H groups in total. The van der Waals surface area contributed by atoms with E-state index in [2.05, 4.69) is 43.1 Å².